The third kappa shape index (κ3) is 3.60. The lowest BCUT2D eigenvalue weighted by atomic mass is 10.1. The van der Waals surface area contributed by atoms with Gasteiger partial charge in [0.1, 0.15) is 24.6 Å². The lowest BCUT2D eigenvalue weighted by molar-refractivity contribution is 0.00174. The summed E-state index contributed by atoms with van der Waals surface area (Å²) in [5.41, 5.74) is 7.59. The van der Waals surface area contributed by atoms with Gasteiger partial charge in [-0.2, -0.15) is 5.10 Å². The molecule has 2 atom stereocenters. The SMILES string of the molecule is Nc1ncnn2c([C@H]3CC[C@@H](COC(=O)NCC4CCCC4)O3)ccc12. The largest absolute Gasteiger partial charge is 0.447 e. The van der Waals surface area contributed by atoms with Gasteiger partial charge in [-0.1, -0.05) is 12.8 Å². The lowest BCUT2D eigenvalue weighted by Crippen LogP contribution is -2.31. The van der Waals surface area contributed by atoms with Crippen molar-refractivity contribution in [1.29, 1.82) is 0 Å². The van der Waals surface area contributed by atoms with E-state index >= 15 is 0 Å². The number of nitrogens with two attached hydrogens (primary N) is 1. The number of anilines is 1. The molecule has 2 aromatic rings. The van der Waals surface area contributed by atoms with Crippen molar-refractivity contribution in [3.63, 3.8) is 0 Å². The number of nitrogens with one attached hydrogen (secondary N) is 1. The highest BCUT2D eigenvalue weighted by atomic mass is 16.6. The maximum atomic E-state index is 11.9. The van der Waals surface area contributed by atoms with Gasteiger partial charge in [0, 0.05) is 6.54 Å². The van der Waals surface area contributed by atoms with E-state index < -0.39 is 0 Å². The van der Waals surface area contributed by atoms with Gasteiger partial charge in [-0.05, 0) is 43.7 Å². The van der Waals surface area contributed by atoms with Crippen molar-refractivity contribution in [3.05, 3.63) is 24.2 Å². The van der Waals surface area contributed by atoms with Crippen molar-refractivity contribution in [2.24, 2.45) is 5.92 Å². The summed E-state index contributed by atoms with van der Waals surface area (Å²) in [6.07, 6.45) is 7.55. The summed E-state index contributed by atoms with van der Waals surface area (Å²) in [7, 11) is 0. The molecule has 0 radical (unpaired) electrons. The summed E-state index contributed by atoms with van der Waals surface area (Å²) in [5.74, 6) is 1.05. The van der Waals surface area contributed by atoms with Crippen LogP contribution in [0.2, 0.25) is 0 Å². The maximum Gasteiger partial charge on any atom is 0.407 e. The predicted octanol–water partition coefficient (Wildman–Crippen LogP) is 2.45. The average molecular weight is 359 g/mol. The van der Waals surface area contributed by atoms with Crippen LogP contribution in [0.5, 0.6) is 0 Å². The monoisotopic (exact) mass is 359 g/mol. The molecule has 0 unspecified atom stereocenters. The molecular formula is C18H25N5O3. The van der Waals surface area contributed by atoms with Gasteiger partial charge in [0.25, 0.3) is 0 Å². The zero-order chi connectivity index (χ0) is 17.9. The van der Waals surface area contributed by atoms with Gasteiger partial charge in [0.2, 0.25) is 0 Å². The number of amides is 1. The summed E-state index contributed by atoms with van der Waals surface area (Å²) in [4.78, 5) is 15.9. The Morgan fingerprint density at radius 3 is 3.00 bits per heavy atom. The standard InChI is InChI=1S/C18H25N5O3/c19-17-15-7-6-14(23(15)22-11-21-17)16-8-5-13(26-16)10-25-18(24)20-9-12-3-1-2-4-12/h6-7,11-13,16H,1-5,8-10H2,(H,20,24)(H2,19,21,22)/t13-,16+/m0/s1. The Labute approximate surface area is 152 Å². The van der Waals surface area contributed by atoms with Crippen LogP contribution in [0.1, 0.15) is 50.3 Å². The second-order valence-electron chi connectivity index (χ2n) is 7.15. The van der Waals surface area contributed by atoms with Crippen LogP contribution < -0.4 is 11.1 Å². The number of fused-ring (bicyclic) bond motifs is 1. The van der Waals surface area contributed by atoms with E-state index in [9.17, 15) is 4.79 Å². The number of nitrogen functional groups attached to an aromatic ring is 1. The van der Waals surface area contributed by atoms with Gasteiger partial charge >= 0.3 is 6.09 Å². The van der Waals surface area contributed by atoms with Gasteiger partial charge in [0.15, 0.2) is 5.82 Å². The fraction of sp³-hybridized carbons (Fsp3) is 0.611. The Hall–Kier alpha value is -2.35. The van der Waals surface area contributed by atoms with E-state index in [-0.39, 0.29) is 24.9 Å². The van der Waals surface area contributed by atoms with E-state index in [0.717, 1.165) is 24.1 Å². The first-order valence-corrected chi connectivity index (χ1v) is 9.35. The summed E-state index contributed by atoms with van der Waals surface area (Å²) in [6.45, 7) is 0.984. The number of ether oxygens (including phenoxy) is 2. The van der Waals surface area contributed by atoms with Crippen LogP contribution >= 0.6 is 0 Å². The molecule has 26 heavy (non-hydrogen) atoms. The highest BCUT2D eigenvalue weighted by Gasteiger charge is 2.30. The van der Waals surface area contributed by atoms with E-state index in [1.807, 2.05) is 12.1 Å². The number of nitrogens with zero attached hydrogens (tertiary/aromatic N) is 3. The molecule has 140 valence electrons. The van der Waals surface area contributed by atoms with Gasteiger partial charge in [-0.15, -0.1) is 0 Å². The molecule has 0 bridgehead atoms. The molecular weight excluding hydrogens is 334 g/mol. The normalized spacial score (nSPS) is 23.5. The minimum absolute atomic E-state index is 0.0815. The van der Waals surface area contributed by atoms with E-state index in [2.05, 4.69) is 15.4 Å². The minimum Gasteiger partial charge on any atom is -0.447 e. The highest BCUT2D eigenvalue weighted by Crippen LogP contribution is 2.34. The van der Waals surface area contributed by atoms with E-state index in [0.29, 0.717) is 18.3 Å². The number of hydrogen-bond donors (Lipinski definition) is 2. The van der Waals surface area contributed by atoms with Gasteiger partial charge < -0.3 is 20.5 Å². The number of alkyl carbamates (subject to hydrolysis) is 1. The Bertz CT molecular complexity index is 771. The molecule has 4 rings (SSSR count). The molecule has 2 fully saturated rings. The van der Waals surface area contributed by atoms with E-state index in [4.69, 9.17) is 15.2 Å². The first-order valence-electron chi connectivity index (χ1n) is 9.35. The van der Waals surface area contributed by atoms with Crippen LogP contribution in [0, 0.1) is 5.92 Å². The molecule has 0 aromatic carbocycles. The van der Waals surface area contributed by atoms with Gasteiger partial charge in [-0.25, -0.2) is 14.3 Å². The highest BCUT2D eigenvalue weighted by molar-refractivity contribution is 5.67. The molecule has 8 nitrogen and oxygen atoms in total. The quantitative estimate of drug-likeness (QED) is 0.850. The predicted molar refractivity (Wildman–Crippen MR) is 95.6 cm³/mol. The molecule has 1 aliphatic carbocycles. The number of hydrogen-bond acceptors (Lipinski definition) is 6. The van der Waals surface area contributed by atoms with Crippen molar-refractivity contribution in [2.75, 3.05) is 18.9 Å². The molecule has 1 saturated carbocycles. The Morgan fingerprint density at radius 2 is 2.15 bits per heavy atom. The summed E-state index contributed by atoms with van der Waals surface area (Å²) >= 11 is 0. The first kappa shape index (κ1) is 17.1. The molecule has 1 amide bonds. The first-order chi connectivity index (χ1) is 12.7. The number of aromatic nitrogens is 3. The second-order valence-corrected chi connectivity index (χ2v) is 7.15. The molecule has 1 saturated heterocycles. The third-order valence-corrected chi connectivity index (χ3v) is 5.36. The molecule has 0 spiro atoms. The van der Waals surface area contributed by atoms with Gasteiger partial charge in [-0.3, -0.25) is 0 Å². The topological polar surface area (TPSA) is 104 Å². The summed E-state index contributed by atoms with van der Waals surface area (Å²) < 4.78 is 13.2. The molecule has 2 aliphatic rings. The van der Waals surface area contributed by atoms with Gasteiger partial charge in [0.05, 0.1) is 11.8 Å². The lowest BCUT2D eigenvalue weighted by Gasteiger charge is -2.15. The van der Waals surface area contributed by atoms with Crippen LogP contribution in [0.4, 0.5) is 10.6 Å². The summed E-state index contributed by atoms with van der Waals surface area (Å²) in [6, 6.07) is 3.86. The fourth-order valence-electron chi connectivity index (χ4n) is 3.92. The molecule has 1 aliphatic heterocycles. The summed E-state index contributed by atoms with van der Waals surface area (Å²) in [5, 5.41) is 7.12. The second kappa shape index (κ2) is 7.49. The van der Waals surface area contributed by atoms with E-state index in [1.165, 1.54) is 32.0 Å². The Balaban J connectivity index is 1.27. The fourth-order valence-corrected chi connectivity index (χ4v) is 3.92. The number of carbonyl (C=O) groups excluding carboxylic acids is 1. The van der Waals surface area contributed by atoms with Crippen molar-refractivity contribution >= 4 is 17.4 Å². The van der Waals surface area contributed by atoms with Crippen LogP contribution in [0.25, 0.3) is 5.52 Å². The Morgan fingerprint density at radius 1 is 1.31 bits per heavy atom. The number of carbonyl (C=O) groups is 1. The van der Waals surface area contributed by atoms with Crippen LogP contribution in [0.3, 0.4) is 0 Å². The third-order valence-electron chi connectivity index (χ3n) is 5.36. The molecule has 3 heterocycles. The van der Waals surface area contributed by atoms with Crippen molar-refractivity contribution in [1.82, 2.24) is 19.9 Å². The zero-order valence-electron chi connectivity index (χ0n) is 14.8. The average Bonchev–Trinajstić information content (AvgIpc) is 3.38. The van der Waals surface area contributed by atoms with Crippen molar-refractivity contribution < 1.29 is 14.3 Å². The molecule has 2 aromatic heterocycles. The van der Waals surface area contributed by atoms with Crippen molar-refractivity contribution in [2.45, 2.75) is 50.7 Å². The molecule has 8 heteroatoms. The van der Waals surface area contributed by atoms with Crippen LogP contribution in [-0.4, -0.2) is 39.9 Å². The zero-order valence-corrected chi connectivity index (χ0v) is 14.8. The van der Waals surface area contributed by atoms with Crippen molar-refractivity contribution in [3.8, 4) is 0 Å². The molecule has 3 N–H and O–H groups in total. The maximum absolute atomic E-state index is 11.9. The Kier molecular flexibility index (Phi) is 4.92. The van der Waals surface area contributed by atoms with E-state index in [1.54, 1.807) is 4.52 Å². The smallest absolute Gasteiger partial charge is 0.407 e. The minimum atomic E-state index is -0.349. The number of rotatable bonds is 5. The van der Waals surface area contributed by atoms with Crippen LogP contribution in [-0.2, 0) is 9.47 Å². The van der Waals surface area contributed by atoms with Crippen LogP contribution in [0.15, 0.2) is 18.5 Å².